The number of amides is 1. The van der Waals surface area contributed by atoms with Crippen LogP contribution in [-0.2, 0) is 11.3 Å². The molecule has 1 amide bonds. The molecule has 2 aromatic heterocycles. The van der Waals surface area contributed by atoms with Gasteiger partial charge in [-0.2, -0.15) is 0 Å². The van der Waals surface area contributed by atoms with E-state index in [2.05, 4.69) is 30.6 Å². The summed E-state index contributed by atoms with van der Waals surface area (Å²) in [5.41, 5.74) is 2.13. The van der Waals surface area contributed by atoms with E-state index in [4.69, 9.17) is 0 Å². The number of unbranched alkanes of at least 4 members (excludes halogenated alkanes) is 1. The van der Waals surface area contributed by atoms with Gasteiger partial charge in [-0.3, -0.25) is 9.59 Å². The number of benzene rings is 1. The number of hydrogen-bond donors (Lipinski definition) is 3. The van der Waals surface area contributed by atoms with E-state index in [1.807, 2.05) is 0 Å². The Balaban J connectivity index is 1.60. The van der Waals surface area contributed by atoms with Crippen LogP contribution in [0.5, 0.6) is 0 Å². The lowest BCUT2D eigenvalue weighted by Gasteiger charge is -2.08. The molecular formula is C19H20N6O3. The second-order valence-corrected chi connectivity index (χ2v) is 6.18. The van der Waals surface area contributed by atoms with E-state index in [9.17, 15) is 14.4 Å². The summed E-state index contributed by atoms with van der Waals surface area (Å²) in [6.07, 6.45) is 3.46. The predicted octanol–water partition coefficient (Wildman–Crippen LogP) is 1.34. The summed E-state index contributed by atoms with van der Waals surface area (Å²) in [4.78, 5) is 49.5. The van der Waals surface area contributed by atoms with Gasteiger partial charge in [-0.1, -0.05) is 0 Å². The molecule has 9 nitrogen and oxygen atoms in total. The third kappa shape index (κ3) is 4.76. The Labute approximate surface area is 160 Å². The van der Waals surface area contributed by atoms with Crippen molar-refractivity contribution >= 4 is 29.0 Å². The van der Waals surface area contributed by atoms with Gasteiger partial charge >= 0.3 is 0 Å². The molecule has 0 saturated heterocycles. The Morgan fingerprint density at radius 2 is 2.00 bits per heavy atom. The number of carbonyl (C=O) groups excluding carboxylic acids is 2. The number of aldehydes is 1. The van der Waals surface area contributed by atoms with Crippen molar-refractivity contribution in [1.29, 1.82) is 0 Å². The molecule has 9 heteroatoms. The first-order valence-electron chi connectivity index (χ1n) is 8.85. The van der Waals surface area contributed by atoms with Crippen LogP contribution in [-0.4, -0.2) is 38.7 Å². The summed E-state index contributed by atoms with van der Waals surface area (Å²) in [7, 11) is 0. The minimum atomic E-state index is -0.319. The smallest absolute Gasteiger partial charge is 0.279 e. The fourth-order valence-electron chi connectivity index (χ4n) is 2.57. The van der Waals surface area contributed by atoms with Gasteiger partial charge < -0.3 is 20.4 Å². The quantitative estimate of drug-likeness (QED) is 0.397. The number of aromatic nitrogens is 4. The van der Waals surface area contributed by atoms with E-state index in [1.54, 1.807) is 37.4 Å². The van der Waals surface area contributed by atoms with Crippen molar-refractivity contribution in [1.82, 2.24) is 25.3 Å². The van der Waals surface area contributed by atoms with Crippen molar-refractivity contribution in [3.05, 3.63) is 57.9 Å². The molecule has 144 valence electrons. The van der Waals surface area contributed by atoms with E-state index in [0.717, 1.165) is 12.0 Å². The fraction of sp³-hybridized carbons (Fsp3) is 0.263. The number of hydrogen-bond acceptors (Lipinski definition) is 7. The lowest BCUT2D eigenvalue weighted by molar-refractivity contribution is -0.107. The van der Waals surface area contributed by atoms with Crippen LogP contribution in [0.15, 0.2) is 35.3 Å². The topological polar surface area (TPSA) is 130 Å². The minimum absolute atomic E-state index is 0.181. The molecule has 0 aliphatic carbocycles. The molecule has 0 aliphatic heterocycles. The molecule has 28 heavy (non-hydrogen) atoms. The van der Waals surface area contributed by atoms with Gasteiger partial charge in [-0.15, -0.1) is 0 Å². The average molecular weight is 380 g/mol. The highest BCUT2D eigenvalue weighted by Crippen LogP contribution is 2.11. The van der Waals surface area contributed by atoms with Gasteiger partial charge in [0.25, 0.3) is 11.5 Å². The maximum Gasteiger partial charge on any atom is 0.279 e. The van der Waals surface area contributed by atoms with Crippen LogP contribution in [0.2, 0.25) is 0 Å². The summed E-state index contributed by atoms with van der Waals surface area (Å²) in [5.74, 6) is 0.311. The number of anilines is 1. The molecular weight excluding hydrogens is 360 g/mol. The van der Waals surface area contributed by atoms with Crippen LogP contribution in [0.4, 0.5) is 5.69 Å². The summed E-state index contributed by atoms with van der Waals surface area (Å²) in [5, 5.41) is 5.94. The third-order valence-electron chi connectivity index (χ3n) is 3.99. The molecule has 3 aromatic rings. The standard InChI is InChI=1S/C19H20N6O3/c1-12-23-17-16(19(28)24-12)25-15(11-22-17)10-21-14-6-4-13(5-7-14)18(27)20-8-2-3-9-26/h4-7,9,11,21H,2-3,8,10H2,1H3,(H,20,27)(H,22,23,24,28). The number of aryl methyl sites for hydroxylation is 1. The Hall–Kier alpha value is -3.62. The zero-order chi connectivity index (χ0) is 19.9. The Morgan fingerprint density at radius 3 is 2.75 bits per heavy atom. The van der Waals surface area contributed by atoms with Gasteiger partial charge in [0.1, 0.15) is 12.1 Å². The minimum Gasteiger partial charge on any atom is -0.379 e. The van der Waals surface area contributed by atoms with Gasteiger partial charge in [0, 0.05) is 24.2 Å². The summed E-state index contributed by atoms with van der Waals surface area (Å²) in [6, 6.07) is 6.99. The summed E-state index contributed by atoms with van der Waals surface area (Å²) in [6.45, 7) is 2.52. The first-order chi connectivity index (χ1) is 13.6. The molecule has 3 rings (SSSR count). The molecule has 0 unspecified atom stereocenters. The zero-order valence-electron chi connectivity index (χ0n) is 15.4. The number of carbonyl (C=O) groups is 2. The van der Waals surface area contributed by atoms with Gasteiger partial charge in [0.05, 0.1) is 18.4 Å². The van der Waals surface area contributed by atoms with Crippen molar-refractivity contribution < 1.29 is 9.59 Å². The zero-order valence-corrected chi connectivity index (χ0v) is 15.4. The molecule has 0 fully saturated rings. The van der Waals surface area contributed by atoms with Gasteiger partial charge in [-0.05, 0) is 37.6 Å². The fourth-order valence-corrected chi connectivity index (χ4v) is 2.57. The summed E-state index contributed by atoms with van der Waals surface area (Å²) >= 11 is 0. The van der Waals surface area contributed by atoms with Crippen LogP contribution in [0, 0.1) is 6.92 Å². The molecule has 0 radical (unpaired) electrons. The largest absolute Gasteiger partial charge is 0.379 e. The molecule has 3 N–H and O–H groups in total. The van der Waals surface area contributed by atoms with E-state index in [0.29, 0.717) is 48.7 Å². The number of nitrogens with zero attached hydrogens (tertiary/aromatic N) is 3. The van der Waals surface area contributed by atoms with Crippen LogP contribution >= 0.6 is 0 Å². The maximum atomic E-state index is 12.0. The molecule has 2 heterocycles. The van der Waals surface area contributed by atoms with Crippen molar-refractivity contribution in [3.8, 4) is 0 Å². The van der Waals surface area contributed by atoms with Gasteiger partial charge in [0.2, 0.25) is 0 Å². The van der Waals surface area contributed by atoms with Crippen molar-refractivity contribution in [2.75, 3.05) is 11.9 Å². The average Bonchev–Trinajstić information content (AvgIpc) is 2.70. The van der Waals surface area contributed by atoms with E-state index in [1.165, 1.54) is 0 Å². The van der Waals surface area contributed by atoms with Gasteiger partial charge in [0.15, 0.2) is 11.2 Å². The number of rotatable bonds is 8. The third-order valence-corrected chi connectivity index (χ3v) is 3.99. The van der Waals surface area contributed by atoms with Crippen LogP contribution in [0.1, 0.15) is 34.7 Å². The maximum absolute atomic E-state index is 12.0. The van der Waals surface area contributed by atoms with E-state index >= 15 is 0 Å². The van der Waals surface area contributed by atoms with Gasteiger partial charge in [-0.25, -0.2) is 15.0 Å². The number of nitrogens with one attached hydrogen (secondary N) is 3. The Bertz CT molecular complexity index is 1050. The molecule has 0 saturated carbocycles. The first-order valence-corrected chi connectivity index (χ1v) is 8.85. The van der Waals surface area contributed by atoms with E-state index < -0.39 is 0 Å². The number of H-pyrrole nitrogens is 1. The lowest BCUT2D eigenvalue weighted by atomic mass is 10.2. The van der Waals surface area contributed by atoms with Crippen LogP contribution < -0.4 is 16.2 Å². The molecule has 0 bridgehead atoms. The Morgan fingerprint density at radius 1 is 1.21 bits per heavy atom. The SMILES string of the molecule is Cc1nc2ncc(CNc3ccc(C(=O)NCCCC=O)cc3)nc2c(=O)[nH]1. The van der Waals surface area contributed by atoms with E-state index in [-0.39, 0.29) is 17.0 Å². The highest BCUT2D eigenvalue weighted by Gasteiger charge is 2.07. The Kier molecular flexibility index (Phi) is 6.05. The second kappa shape index (κ2) is 8.85. The monoisotopic (exact) mass is 380 g/mol. The second-order valence-electron chi connectivity index (χ2n) is 6.18. The molecule has 0 atom stereocenters. The first kappa shape index (κ1) is 19.2. The molecule has 1 aromatic carbocycles. The molecule has 0 spiro atoms. The highest BCUT2D eigenvalue weighted by molar-refractivity contribution is 5.94. The van der Waals surface area contributed by atoms with Crippen molar-refractivity contribution in [3.63, 3.8) is 0 Å². The van der Waals surface area contributed by atoms with Crippen LogP contribution in [0.3, 0.4) is 0 Å². The number of aromatic amines is 1. The van der Waals surface area contributed by atoms with Crippen LogP contribution in [0.25, 0.3) is 11.2 Å². The highest BCUT2D eigenvalue weighted by atomic mass is 16.1. The normalized spacial score (nSPS) is 10.6. The summed E-state index contributed by atoms with van der Waals surface area (Å²) < 4.78 is 0. The predicted molar refractivity (Wildman–Crippen MR) is 104 cm³/mol. The van der Waals surface area contributed by atoms with Crippen molar-refractivity contribution in [2.45, 2.75) is 26.3 Å². The number of fused-ring (bicyclic) bond motifs is 1. The van der Waals surface area contributed by atoms with Crippen molar-refractivity contribution in [2.24, 2.45) is 0 Å². The lowest BCUT2D eigenvalue weighted by Crippen LogP contribution is -2.24. The molecule has 0 aliphatic rings.